The van der Waals surface area contributed by atoms with E-state index in [4.69, 9.17) is 9.47 Å². The number of ether oxygens (including phenoxy) is 2. The van der Waals surface area contributed by atoms with E-state index >= 15 is 0 Å². The fourth-order valence-corrected chi connectivity index (χ4v) is 6.74. The number of rotatable bonds is 9. The summed E-state index contributed by atoms with van der Waals surface area (Å²) in [4.78, 5) is 13.9. The summed E-state index contributed by atoms with van der Waals surface area (Å²) in [5, 5.41) is 19.4. The first-order valence-corrected chi connectivity index (χ1v) is 13.5. The van der Waals surface area contributed by atoms with Crippen LogP contribution in [0, 0.1) is 5.82 Å². The topological polar surface area (TPSA) is 58.6 Å². The first-order valence-electron chi connectivity index (χ1n) is 11.7. The van der Waals surface area contributed by atoms with Crippen molar-refractivity contribution in [3.63, 3.8) is 0 Å². The standard InChI is InChI=1S/C26H28FNO4S2/c27-21-4-6-22(7-5-21)31-16-2-12-28-13-9-25(10-14-28,11-15-28)32-24(29)26(30,20-8-18-33-19-20)23-3-1-17-34-23/h1,3-8,17-19H,2,9-16H2. The van der Waals surface area contributed by atoms with Gasteiger partial charge in [0.15, 0.2) is 0 Å². The molecule has 180 valence electrons. The Hall–Kier alpha value is -2.26. The Bertz CT molecular complexity index is 1040. The number of benzene rings is 1. The van der Waals surface area contributed by atoms with Gasteiger partial charge in [0.2, 0.25) is 0 Å². The SMILES string of the molecule is O=C(OC12CC[N+](CCCOc3ccc(F)cc3)(CC1)CC2)C([O-])(c1ccsc1)c1cccs1. The van der Waals surface area contributed by atoms with Crippen molar-refractivity contribution in [3.8, 4) is 5.75 Å². The molecule has 0 N–H and O–H groups in total. The van der Waals surface area contributed by atoms with E-state index < -0.39 is 17.2 Å². The van der Waals surface area contributed by atoms with E-state index in [0.29, 0.717) is 22.8 Å². The molecule has 8 heteroatoms. The minimum absolute atomic E-state index is 0.267. The molecule has 3 aliphatic heterocycles. The molecule has 3 saturated heterocycles. The Morgan fingerprint density at radius 3 is 2.44 bits per heavy atom. The van der Waals surface area contributed by atoms with E-state index in [-0.39, 0.29) is 5.82 Å². The molecule has 6 rings (SSSR count). The van der Waals surface area contributed by atoms with Crippen molar-refractivity contribution in [2.75, 3.05) is 32.8 Å². The molecule has 0 spiro atoms. The number of quaternary nitrogens is 1. The number of thiophene rings is 2. The molecule has 3 aliphatic rings. The van der Waals surface area contributed by atoms with Gasteiger partial charge in [0.25, 0.3) is 0 Å². The van der Waals surface area contributed by atoms with Gasteiger partial charge in [-0.1, -0.05) is 6.07 Å². The van der Waals surface area contributed by atoms with Crippen LogP contribution in [0.25, 0.3) is 0 Å². The van der Waals surface area contributed by atoms with E-state index in [1.807, 2.05) is 10.8 Å². The number of carbonyl (C=O) groups excluding carboxylic acids is 1. The van der Waals surface area contributed by atoms with Gasteiger partial charge in [0, 0.05) is 30.6 Å². The predicted octanol–water partition coefficient (Wildman–Crippen LogP) is 4.32. The minimum Gasteiger partial charge on any atom is -0.834 e. The molecule has 3 aromatic rings. The van der Waals surface area contributed by atoms with Gasteiger partial charge in [-0.2, -0.15) is 11.3 Å². The predicted molar refractivity (Wildman–Crippen MR) is 128 cm³/mol. The molecule has 1 atom stereocenters. The van der Waals surface area contributed by atoms with Crippen LogP contribution < -0.4 is 9.84 Å². The molecule has 0 amide bonds. The fraction of sp³-hybridized carbons (Fsp3) is 0.423. The van der Waals surface area contributed by atoms with Gasteiger partial charge in [-0.25, -0.2) is 4.39 Å². The summed E-state index contributed by atoms with van der Waals surface area (Å²) >= 11 is 2.72. The number of piperidine rings is 3. The minimum atomic E-state index is -2.01. The molecule has 2 aromatic heterocycles. The average molecular weight is 502 g/mol. The van der Waals surface area contributed by atoms with Crippen LogP contribution in [0.4, 0.5) is 4.39 Å². The lowest BCUT2D eigenvalue weighted by atomic mass is 9.80. The number of nitrogens with zero attached hydrogens (tertiary/aromatic N) is 1. The molecule has 0 aliphatic carbocycles. The molecule has 0 saturated carbocycles. The van der Waals surface area contributed by atoms with E-state index in [2.05, 4.69) is 0 Å². The monoisotopic (exact) mass is 501 g/mol. The summed E-state index contributed by atoms with van der Waals surface area (Å²) in [5.74, 6) is -0.263. The number of fused-ring (bicyclic) bond motifs is 3. The summed E-state index contributed by atoms with van der Waals surface area (Å²) < 4.78 is 25.9. The zero-order chi connectivity index (χ0) is 23.7. The highest BCUT2D eigenvalue weighted by atomic mass is 32.1. The number of hydrogen-bond acceptors (Lipinski definition) is 6. The molecular weight excluding hydrogens is 473 g/mol. The lowest BCUT2D eigenvalue weighted by Gasteiger charge is -2.55. The third-order valence-corrected chi connectivity index (χ3v) is 9.03. The Balaban J connectivity index is 1.18. The van der Waals surface area contributed by atoms with Gasteiger partial charge in [0.05, 0.1) is 38.4 Å². The summed E-state index contributed by atoms with van der Waals surface area (Å²) in [6.45, 7) is 4.40. The van der Waals surface area contributed by atoms with E-state index in [9.17, 15) is 14.3 Å². The second-order valence-corrected chi connectivity index (χ2v) is 11.1. The maximum Gasteiger partial charge on any atom is 0.305 e. The van der Waals surface area contributed by atoms with Crippen molar-refractivity contribution in [3.05, 3.63) is 74.9 Å². The summed E-state index contributed by atoms with van der Waals surface area (Å²) in [6.07, 6.45) is 3.25. The highest BCUT2D eigenvalue weighted by Gasteiger charge is 2.52. The molecule has 5 nitrogen and oxygen atoms in total. The average Bonchev–Trinajstić information content (AvgIpc) is 3.59. The van der Waals surface area contributed by atoms with Crippen LogP contribution in [0.15, 0.2) is 58.6 Å². The van der Waals surface area contributed by atoms with Crippen molar-refractivity contribution in [1.29, 1.82) is 0 Å². The zero-order valence-corrected chi connectivity index (χ0v) is 20.5. The van der Waals surface area contributed by atoms with Crippen LogP contribution in [0.1, 0.15) is 36.1 Å². The Morgan fingerprint density at radius 2 is 1.82 bits per heavy atom. The summed E-state index contributed by atoms with van der Waals surface area (Å²) in [6, 6.07) is 11.4. The Labute approximate surface area is 207 Å². The van der Waals surface area contributed by atoms with Crippen LogP contribution >= 0.6 is 22.7 Å². The van der Waals surface area contributed by atoms with Crippen LogP contribution in [0.2, 0.25) is 0 Å². The van der Waals surface area contributed by atoms with Crippen molar-refractivity contribution in [1.82, 2.24) is 0 Å². The van der Waals surface area contributed by atoms with E-state index in [0.717, 1.165) is 56.3 Å². The number of halogens is 1. The van der Waals surface area contributed by atoms with E-state index in [1.54, 1.807) is 35.7 Å². The van der Waals surface area contributed by atoms with Crippen LogP contribution in [0.5, 0.6) is 5.75 Å². The van der Waals surface area contributed by atoms with Crippen LogP contribution in [0.3, 0.4) is 0 Å². The first kappa shape index (κ1) is 23.5. The van der Waals surface area contributed by atoms with Crippen molar-refractivity contribution in [2.45, 2.75) is 36.9 Å². The normalized spacial score (nSPS) is 25.6. The first-order chi connectivity index (χ1) is 16.4. The number of esters is 1. The lowest BCUT2D eigenvalue weighted by Crippen LogP contribution is -2.66. The second kappa shape index (κ2) is 9.41. The van der Waals surface area contributed by atoms with Gasteiger partial charge in [-0.05, 0) is 58.1 Å². The molecule has 5 heterocycles. The van der Waals surface area contributed by atoms with Gasteiger partial charge >= 0.3 is 5.97 Å². The molecular formula is C26H28FNO4S2. The summed E-state index contributed by atoms with van der Waals surface area (Å²) in [5.41, 5.74) is -2.09. The van der Waals surface area contributed by atoms with Gasteiger partial charge in [-0.3, -0.25) is 4.79 Å². The van der Waals surface area contributed by atoms with Gasteiger partial charge in [-0.15, -0.1) is 11.3 Å². The van der Waals surface area contributed by atoms with E-state index in [1.165, 1.54) is 34.8 Å². The molecule has 0 radical (unpaired) electrons. The molecule has 34 heavy (non-hydrogen) atoms. The Kier molecular flexibility index (Phi) is 6.50. The molecule has 1 unspecified atom stereocenters. The van der Waals surface area contributed by atoms with Crippen molar-refractivity contribution >= 4 is 28.6 Å². The van der Waals surface area contributed by atoms with Gasteiger partial charge < -0.3 is 19.1 Å². The quantitative estimate of drug-likeness (QED) is 0.249. The molecule has 1 aromatic carbocycles. The van der Waals surface area contributed by atoms with Crippen molar-refractivity contribution in [2.24, 2.45) is 0 Å². The maximum absolute atomic E-state index is 13.9. The number of hydrogen-bond donors (Lipinski definition) is 0. The second-order valence-electron chi connectivity index (χ2n) is 9.39. The molecule has 2 bridgehead atoms. The zero-order valence-electron chi connectivity index (χ0n) is 18.9. The highest BCUT2D eigenvalue weighted by molar-refractivity contribution is 7.10. The van der Waals surface area contributed by atoms with Crippen LogP contribution in [-0.2, 0) is 15.1 Å². The number of carbonyl (C=O) groups is 1. The smallest absolute Gasteiger partial charge is 0.305 e. The van der Waals surface area contributed by atoms with Crippen LogP contribution in [-0.4, -0.2) is 48.8 Å². The maximum atomic E-state index is 13.9. The largest absolute Gasteiger partial charge is 0.834 e. The third-order valence-electron chi connectivity index (χ3n) is 7.38. The molecule has 3 fully saturated rings. The van der Waals surface area contributed by atoms with Gasteiger partial charge in [0.1, 0.15) is 17.2 Å². The fourth-order valence-electron chi connectivity index (χ4n) is 5.22. The third kappa shape index (κ3) is 4.52. The Morgan fingerprint density at radius 1 is 1.09 bits per heavy atom. The lowest BCUT2D eigenvalue weighted by molar-refractivity contribution is -0.945. The highest BCUT2D eigenvalue weighted by Crippen LogP contribution is 2.42. The summed E-state index contributed by atoms with van der Waals surface area (Å²) in [7, 11) is 0. The van der Waals surface area contributed by atoms with Crippen molar-refractivity contribution < 1.29 is 28.2 Å².